The van der Waals surface area contributed by atoms with Gasteiger partial charge in [-0.15, -0.1) is 0 Å². The van der Waals surface area contributed by atoms with Crippen LogP contribution in [-0.2, 0) is 42.9 Å². The predicted octanol–water partition coefficient (Wildman–Crippen LogP) is 6.10. The van der Waals surface area contributed by atoms with Gasteiger partial charge >= 0.3 is 29.8 Å². The van der Waals surface area contributed by atoms with Gasteiger partial charge in [0.15, 0.2) is 12.2 Å². The van der Waals surface area contributed by atoms with Crippen molar-refractivity contribution >= 4 is 35.9 Å². The second-order valence-electron chi connectivity index (χ2n) is 15.0. The number of carbonyl (C=O) groups excluding carboxylic acids is 5. The number of hydrogen-bond donors (Lipinski definition) is 1. The first-order valence-corrected chi connectivity index (χ1v) is 17.7. The summed E-state index contributed by atoms with van der Waals surface area (Å²) in [6.45, 7) is 15.0. The topological polar surface area (TPSA) is 152 Å². The molecule has 11 nitrogen and oxygen atoms in total. The van der Waals surface area contributed by atoms with E-state index in [1.165, 1.54) is 26.8 Å². The molecule has 8 atom stereocenters. The fraction of sp³-hybridized carbons (Fsp3) is 0.452. The molecule has 1 N–H and O–H groups in total. The monoisotopic (exact) mass is 728 g/mol. The molecule has 282 valence electrons. The van der Waals surface area contributed by atoms with Crippen molar-refractivity contribution in [1.82, 2.24) is 0 Å². The summed E-state index contributed by atoms with van der Waals surface area (Å²) in [6.07, 6.45) is -2.48. The molecule has 0 amide bonds. The van der Waals surface area contributed by atoms with Crippen molar-refractivity contribution in [3.8, 4) is 0 Å². The standard InChI is InChI=1S/C42H48O11/c1-24-31-22-42(40(6,7)48)23-33(49-26(3)43)25(2)36(42)37(53-39(47)30-17-13-10-14-18-30)38(51-28(5)45)41(31,8)34(50-27(4)44)21-32(24)52-35(46)20-19-29-15-11-9-12-16-29/h9-20,31-34,37-38,48H,1,21-23H2,2-8H3. The lowest BCUT2D eigenvalue weighted by atomic mass is 9.56. The second-order valence-corrected chi connectivity index (χ2v) is 15.0. The summed E-state index contributed by atoms with van der Waals surface area (Å²) < 4.78 is 30.4. The van der Waals surface area contributed by atoms with E-state index in [-0.39, 0.29) is 24.8 Å². The van der Waals surface area contributed by atoms with Gasteiger partial charge in [-0.3, -0.25) is 14.4 Å². The summed E-state index contributed by atoms with van der Waals surface area (Å²) >= 11 is 0. The van der Waals surface area contributed by atoms with Gasteiger partial charge in [0.05, 0.1) is 16.6 Å². The highest BCUT2D eigenvalue weighted by molar-refractivity contribution is 5.90. The fourth-order valence-electron chi connectivity index (χ4n) is 8.64. The first-order chi connectivity index (χ1) is 24.9. The van der Waals surface area contributed by atoms with Gasteiger partial charge < -0.3 is 28.8 Å². The Kier molecular flexibility index (Phi) is 11.2. The molecule has 0 bridgehead atoms. The van der Waals surface area contributed by atoms with E-state index in [9.17, 15) is 29.1 Å². The number of rotatable bonds is 9. The van der Waals surface area contributed by atoms with E-state index < -0.39 is 82.7 Å². The van der Waals surface area contributed by atoms with Crippen LogP contribution in [0.5, 0.6) is 0 Å². The molecular formula is C42H48O11. The molecule has 0 aromatic heterocycles. The molecule has 2 saturated carbocycles. The van der Waals surface area contributed by atoms with Crippen LogP contribution in [0.4, 0.5) is 0 Å². The van der Waals surface area contributed by atoms with Crippen LogP contribution in [0, 0.1) is 16.7 Å². The van der Waals surface area contributed by atoms with E-state index in [4.69, 9.17) is 23.7 Å². The average Bonchev–Trinajstić information content (AvgIpc) is 3.32. The van der Waals surface area contributed by atoms with Crippen molar-refractivity contribution in [2.24, 2.45) is 16.7 Å². The number of aliphatic hydroxyl groups is 1. The molecule has 5 rings (SSSR count). The van der Waals surface area contributed by atoms with Crippen LogP contribution < -0.4 is 0 Å². The van der Waals surface area contributed by atoms with Crippen molar-refractivity contribution < 1.29 is 52.8 Å². The Morgan fingerprint density at radius 2 is 1.40 bits per heavy atom. The zero-order valence-corrected chi connectivity index (χ0v) is 31.3. The van der Waals surface area contributed by atoms with Gasteiger partial charge in [0, 0.05) is 45.1 Å². The van der Waals surface area contributed by atoms with Gasteiger partial charge in [-0.2, -0.15) is 0 Å². The number of carbonyl (C=O) groups is 5. The summed E-state index contributed by atoms with van der Waals surface area (Å²) in [5.41, 5.74) is -1.82. The van der Waals surface area contributed by atoms with Crippen molar-refractivity contribution in [3.63, 3.8) is 0 Å². The first kappa shape index (κ1) is 39.2. The maximum atomic E-state index is 14.0. The van der Waals surface area contributed by atoms with Gasteiger partial charge in [0.25, 0.3) is 0 Å². The molecule has 0 radical (unpaired) electrons. The van der Waals surface area contributed by atoms with E-state index in [1.807, 2.05) is 30.3 Å². The van der Waals surface area contributed by atoms with Crippen LogP contribution in [0.25, 0.3) is 6.08 Å². The highest BCUT2D eigenvalue weighted by atomic mass is 16.6. The molecule has 53 heavy (non-hydrogen) atoms. The fourth-order valence-corrected chi connectivity index (χ4v) is 8.64. The molecule has 11 heteroatoms. The smallest absolute Gasteiger partial charge is 0.338 e. The highest BCUT2D eigenvalue weighted by Gasteiger charge is 2.69. The Balaban J connectivity index is 1.72. The van der Waals surface area contributed by atoms with E-state index in [0.717, 1.165) is 5.56 Å². The Morgan fingerprint density at radius 1 is 0.811 bits per heavy atom. The molecule has 2 aromatic rings. The van der Waals surface area contributed by atoms with Crippen LogP contribution in [0.3, 0.4) is 0 Å². The molecule has 0 spiro atoms. The lowest BCUT2D eigenvalue weighted by molar-refractivity contribution is -0.197. The Hall–Kier alpha value is -5.03. The third-order valence-corrected chi connectivity index (χ3v) is 11.2. The largest absolute Gasteiger partial charge is 0.462 e. The van der Waals surface area contributed by atoms with Gasteiger partial charge in [-0.1, -0.05) is 62.0 Å². The van der Waals surface area contributed by atoms with E-state index >= 15 is 0 Å². The number of ether oxygens (including phenoxy) is 5. The molecule has 0 aliphatic heterocycles. The number of benzene rings is 2. The second kappa shape index (κ2) is 15.1. The van der Waals surface area contributed by atoms with Gasteiger partial charge in [-0.05, 0) is 73.6 Å². The van der Waals surface area contributed by atoms with Gasteiger partial charge in [-0.25, -0.2) is 9.59 Å². The minimum atomic E-state index is -1.57. The lowest BCUT2D eigenvalue weighted by Crippen LogP contribution is -2.60. The molecular weight excluding hydrogens is 680 g/mol. The van der Waals surface area contributed by atoms with E-state index in [2.05, 4.69) is 6.58 Å². The molecule has 8 unspecified atom stereocenters. The summed E-state index contributed by atoms with van der Waals surface area (Å²) in [7, 11) is 0. The Labute approximate surface area is 310 Å². The summed E-state index contributed by atoms with van der Waals surface area (Å²) in [5, 5.41) is 12.3. The Morgan fingerprint density at radius 3 is 1.96 bits per heavy atom. The highest BCUT2D eigenvalue weighted by Crippen LogP contribution is 2.65. The van der Waals surface area contributed by atoms with E-state index in [1.54, 1.807) is 64.1 Å². The van der Waals surface area contributed by atoms with Crippen LogP contribution in [0.1, 0.15) is 83.7 Å². The molecule has 3 aliphatic carbocycles. The average molecular weight is 729 g/mol. The zero-order valence-electron chi connectivity index (χ0n) is 31.3. The minimum Gasteiger partial charge on any atom is -0.462 e. The Bertz CT molecular complexity index is 1820. The lowest BCUT2D eigenvalue weighted by Gasteiger charge is -2.53. The van der Waals surface area contributed by atoms with Crippen LogP contribution in [-0.4, -0.2) is 71.1 Å². The molecule has 2 aromatic carbocycles. The van der Waals surface area contributed by atoms with Crippen molar-refractivity contribution in [2.75, 3.05) is 0 Å². The summed E-state index contributed by atoms with van der Waals surface area (Å²) in [4.78, 5) is 65.6. The normalized spacial score (nSPS) is 29.7. The minimum absolute atomic E-state index is 0.0446. The van der Waals surface area contributed by atoms with Gasteiger partial charge in [0.1, 0.15) is 18.3 Å². The maximum Gasteiger partial charge on any atom is 0.338 e. The number of hydrogen-bond acceptors (Lipinski definition) is 11. The zero-order chi connectivity index (χ0) is 38.9. The van der Waals surface area contributed by atoms with Crippen molar-refractivity contribution in [2.45, 2.75) is 104 Å². The number of esters is 5. The maximum absolute atomic E-state index is 14.0. The predicted molar refractivity (Wildman–Crippen MR) is 194 cm³/mol. The SMILES string of the molecule is C=C1C(OC(=O)C=Cc2ccccc2)CC(OC(C)=O)C2(C)C1CC1(C(C)(C)O)CC(OC(C)=O)C(C)=C1C(OC(=O)c1ccccc1)C2OC(C)=O. The first-order valence-electron chi connectivity index (χ1n) is 17.7. The quantitative estimate of drug-likeness (QED) is 0.138. The van der Waals surface area contributed by atoms with Crippen LogP contribution >= 0.6 is 0 Å². The molecule has 3 aliphatic rings. The van der Waals surface area contributed by atoms with Crippen molar-refractivity contribution in [1.29, 1.82) is 0 Å². The summed E-state index contributed by atoms with van der Waals surface area (Å²) in [6, 6.07) is 17.5. The third kappa shape index (κ3) is 7.71. The van der Waals surface area contributed by atoms with Crippen LogP contribution in [0.15, 0.2) is 90.0 Å². The van der Waals surface area contributed by atoms with E-state index in [0.29, 0.717) is 16.7 Å². The molecule has 0 saturated heterocycles. The van der Waals surface area contributed by atoms with Crippen LogP contribution in [0.2, 0.25) is 0 Å². The summed E-state index contributed by atoms with van der Waals surface area (Å²) in [5.74, 6) is -4.06. The molecule has 0 heterocycles. The third-order valence-electron chi connectivity index (χ3n) is 11.2. The van der Waals surface area contributed by atoms with Crippen molar-refractivity contribution in [3.05, 3.63) is 101 Å². The molecule has 2 fully saturated rings. The van der Waals surface area contributed by atoms with Gasteiger partial charge in [0.2, 0.25) is 0 Å². The number of fused-ring (bicyclic) bond motifs is 2.